The molecule has 0 bridgehead atoms. The van der Waals surface area contributed by atoms with Crippen molar-refractivity contribution in [3.05, 3.63) is 0 Å². The molecule has 3 N–H and O–H groups in total. The average molecular weight is 118 g/mol. The highest BCUT2D eigenvalue weighted by atomic mass is 16.3. The summed E-state index contributed by atoms with van der Waals surface area (Å²) in [5.41, 5.74) is -0.677. The van der Waals surface area contributed by atoms with Gasteiger partial charge in [0.25, 0.3) is 0 Å². The quantitative estimate of drug-likeness (QED) is 0.382. The molecule has 0 aliphatic carbocycles. The van der Waals surface area contributed by atoms with Gasteiger partial charge in [0, 0.05) is 13.6 Å². The summed E-state index contributed by atoms with van der Waals surface area (Å²) >= 11 is 0. The second-order valence-electron chi connectivity index (χ2n) is 2.73. The molecular weight excluding hydrogens is 104 g/mol. The fourth-order valence-electron chi connectivity index (χ4n) is 0.610. The molecule has 50 valence electrons. The molecular formula is C5H14N2O. The maximum Gasteiger partial charge on any atom is 0.0731 e. The summed E-state index contributed by atoms with van der Waals surface area (Å²) in [5, 5.41) is 10.5. The Balaban J connectivity index is 3.39. The van der Waals surface area contributed by atoms with Gasteiger partial charge in [-0.2, -0.15) is 0 Å². The van der Waals surface area contributed by atoms with E-state index in [9.17, 15) is 0 Å². The molecule has 0 spiro atoms. The van der Waals surface area contributed by atoms with E-state index < -0.39 is 5.60 Å². The van der Waals surface area contributed by atoms with Gasteiger partial charge in [-0.3, -0.25) is 5.84 Å². The lowest BCUT2D eigenvalue weighted by atomic mass is 10.1. The molecule has 0 aromatic heterocycles. The summed E-state index contributed by atoms with van der Waals surface area (Å²) in [4.78, 5) is 0. The van der Waals surface area contributed by atoms with E-state index in [4.69, 9.17) is 10.9 Å². The molecule has 0 amide bonds. The Morgan fingerprint density at radius 3 is 2.00 bits per heavy atom. The van der Waals surface area contributed by atoms with E-state index in [2.05, 4.69) is 0 Å². The molecule has 3 heteroatoms. The number of nitrogens with zero attached hydrogens (tertiary/aromatic N) is 1. The zero-order chi connectivity index (χ0) is 6.78. The monoisotopic (exact) mass is 118 g/mol. The number of hydrogen-bond donors (Lipinski definition) is 2. The first-order valence-electron chi connectivity index (χ1n) is 2.60. The standard InChI is InChI=1S/C5H14N2O/c1-5(2,8)4-7(3)6/h8H,4,6H2,1-3H3. The third-order valence-electron chi connectivity index (χ3n) is 0.636. The lowest BCUT2D eigenvalue weighted by Gasteiger charge is -2.20. The van der Waals surface area contributed by atoms with Crippen molar-refractivity contribution >= 4 is 0 Å². The summed E-state index contributed by atoms with van der Waals surface area (Å²) < 4.78 is 0. The smallest absolute Gasteiger partial charge is 0.0731 e. The third-order valence-corrected chi connectivity index (χ3v) is 0.636. The zero-order valence-electron chi connectivity index (χ0n) is 5.68. The van der Waals surface area contributed by atoms with Crippen LogP contribution in [0.4, 0.5) is 0 Å². The number of hydrazine groups is 1. The number of likely N-dealkylation sites (N-methyl/N-ethyl adjacent to an activating group) is 1. The van der Waals surface area contributed by atoms with Crippen LogP contribution in [0.15, 0.2) is 0 Å². The van der Waals surface area contributed by atoms with E-state index in [1.165, 1.54) is 5.01 Å². The Morgan fingerprint density at radius 2 is 2.00 bits per heavy atom. The van der Waals surface area contributed by atoms with E-state index in [0.717, 1.165) is 0 Å². The Bertz CT molecular complexity index is 65.3. The van der Waals surface area contributed by atoms with Crippen LogP contribution in [-0.2, 0) is 0 Å². The minimum atomic E-state index is -0.677. The molecule has 0 aromatic rings. The van der Waals surface area contributed by atoms with E-state index >= 15 is 0 Å². The van der Waals surface area contributed by atoms with Gasteiger partial charge in [0.2, 0.25) is 0 Å². The number of nitrogens with two attached hydrogens (primary N) is 1. The van der Waals surface area contributed by atoms with E-state index in [1.807, 2.05) is 0 Å². The number of aliphatic hydroxyl groups is 1. The van der Waals surface area contributed by atoms with Gasteiger partial charge >= 0.3 is 0 Å². The molecule has 3 nitrogen and oxygen atoms in total. The Morgan fingerprint density at radius 1 is 1.62 bits per heavy atom. The molecule has 0 fully saturated rings. The molecule has 0 saturated carbocycles. The van der Waals surface area contributed by atoms with E-state index in [1.54, 1.807) is 20.9 Å². The Labute approximate surface area is 50.1 Å². The first kappa shape index (κ1) is 7.88. The minimum absolute atomic E-state index is 0.493. The summed E-state index contributed by atoms with van der Waals surface area (Å²) in [6.07, 6.45) is 0. The third kappa shape index (κ3) is 5.88. The van der Waals surface area contributed by atoms with Gasteiger partial charge < -0.3 is 5.11 Å². The minimum Gasteiger partial charge on any atom is -0.389 e. The first-order chi connectivity index (χ1) is 3.42. The highest BCUT2D eigenvalue weighted by molar-refractivity contribution is 4.66. The van der Waals surface area contributed by atoms with Crippen LogP contribution in [0.5, 0.6) is 0 Å². The largest absolute Gasteiger partial charge is 0.389 e. The summed E-state index contributed by atoms with van der Waals surface area (Å²) in [7, 11) is 1.72. The molecule has 0 saturated heterocycles. The molecule has 0 aromatic carbocycles. The summed E-state index contributed by atoms with van der Waals surface area (Å²) in [6, 6.07) is 0. The van der Waals surface area contributed by atoms with Crippen LogP contribution in [0.1, 0.15) is 13.8 Å². The van der Waals surface area contributed by atoms with E-state index in [0.29, 0.717) is 6.54 Å². The van der Waals surface area contributed by atoms with Crippen LogP contribution in [-0.4, -0.2) is 29.3 Å². The van der Waals surface area contributed by atoms with Crippen molar-refractivity contribution in [3.63, 3.8) is 0 Å². The van der Waals surface area contributed by atoms with Gasteiger partial charge in [-0.15, -0.1) is 0 Å². The fraction of sp³-hybridized carbons (Fsp3) is 1.00. The van der Waals surface area contributed by atoms with Crippen molar-refractivity contribution in [1.82, 2.24) is 5.01 Å². The van der Waals surface area contributed by atoms with Gasteiger partial charge in [-0.05, 0) is 13.8 Å². The Hall–Kier alpha value is -0.120. The Kier molecular flexibility index (Phi) is 2.40. The van der Waals surface area contributed by atoms with Crippen LogP contribution in [0.2, 0.25) is 0 Å². The van der Waals surface area contributed by atoms with Crippen molar-refractivity contribution in [2.45, 2.75) is 19.4 Å². The zero-order valence-corrected chi connectivity index (χ0v) is 5.68. The topological polar surface area (TPSA) is 49.5 Å². The summed E-state index contributed by atoms with van der Waals surface area (Å²) in [6.45, 7) is 3.93. The van der Waals surface area contributed by atoms with Gasteiger partial charge in [0.15, 0.2) is 0 Å². The van der Waals surface area contributed by atoms with Gasteiger partial charge in [-0.1, -0.05) is 0 Å². The van der Waals surface area contributed by atoms with Crippen LogP contribution < -0.4 is 5.84 Å². The van der Waals surface area contributed by atoms with Crippen LogP contribution in [0.3, 0.4) is 0 Å². The second-order valence-corrected chi connectivity index (χ2v) is 2.73. The SMILES string of the molecule is CN(N)CC(C)(C)O. The molecule has 0 aliphatic heterocycles. The first-order valence-corrected chi connectivity index (χ1v) is 2.60. The van der Waals surface area contributed by atoms with Crippen LogP contribution in [0.25, 0.3) is 0 Å². The maximum absolute atomic E-state index is 9.07. The van der Waals surface area contributed by atoms with Crippen molar-refractivity contribution in [2.75, 3.05) is 13.6 Å². The molecule has 0 heterocycles. The lowest BCUT2D eigenvalue weighted by molar-refractivity contribution is 0.0447. The van der Waals surface area contributed by atoms with Crippen LogP contribution in [0, 0.1) is 0 Å². The second kappa shape index (κ2) is 2.44. The molecule has 0 aliphatic rings. The van der Waals surface area contributed by atoms with Gasteiger partial charge in [0.1, 0.15) is 0 Å². The highest BCUT2D eigenvalue weighted by Crippen LogP contribution is 1.98. The predicted octanol–water partition coefficient (Wildman–Crippen LogP) is -0.437. The predicted molar refractivity (Wildman–Crippen MR) is 33.1 cm³/mol. The van der Waals surface area contributed by atoms with Gasteiger partial charge in [0.05, 0.1) is 5.60 Å². The number of hydrogen-bond acceptors (Lipinski definition) is 3. The molecule has 0 radical (unpaired) electrons. The summed E-state index contributed by atoms with van der Waals surface area (Å²) in [5.74, 6) is 5.25. The fourth-order valence-corrected chi connectivity index (χ4v) is 0.610. The lowest BCUT2D eigenvalue weighted by Crippen LogP contribution is -2.39. The van der Waals surface area contributed by atoms with Crippen LogP contribution >= 0.6 is 0 Å². The number of rotatable bonds is 2. The van der Waals surface area contributed by atoms with Crippen molar-refractivity contribution in [1.29, 1.82) is 0 Å². The molecule has 0 atom stereocenters. The highest BCUT2D eigenvalue weighted by Gasteiger charge is 2.12. The molecule has 0 rings (SSSR count). The van der Waals surface area contributed by atoms with Crippen molar-refractivity contribution in [2.24, 2.45) is 5.84 Å². The maximum atomic E-state index is 9.07. The molecule has 8 heavy (non-hydrogen) atoms. The average Bonchev–Trinajstić information content (AvgIpc) is 1.21. The van der Waals surface area contributed by atoms with Crippen molar-refractivity contribution in [3.8, 4) is 0 Å². The van der Waals surface area contributed by atoms with Crippen molar-refractivity contribution < 1.29 is 5.11 Å². The van der Waals surface area contributed by atoms with Gasteiger partial charge in [-0.25, -0.2) is 5.01 Å². The molecule has 0 unspecified atom stereocenters. The normalized spacial score (nSPS) is 12.8. The van der Waals surface area contributed by atoms with E-state index in [-0.39, 0.29) is 0 Å².